The number of nitrogens with zero attached hydrogens (tertiary/aromatic N) is 2. The molecule has 1 amide bonds. The van der Waals surface area contributed by atoms with Gasteiger partial charge >= 0.3 is 0 Å². The lowest BCUT2D eigenvalue weighted by molar-refractivity contribution is 0.0883. The van der Waals surface area contributed by atoms with Crippen LogP contribution in [0, 0.1) is 0 Å². The van der Waals surface area contributed by atoms with Gasteiger partial charge in [0.25, 0.3) is 5.91 Å². The van der Waals surface area contributed by atoms with E-state index in [4.69, 9.17) is 26.1 Å². The van der Waals surface area contributed by atoms with Gasteiger partial charge in [0, 0.05) is 18.7 Å². The van der Waals surface area contributed by atoms with Gasteiger partial charge in [0.15, 0.2) is 11.5 Å². The minimum Gasteiger partial charge on any atom is -0.486 e. The summed E-state index contributed by atoms with van der Waals surface area (Å²) >= 11 is 6.35. The first-order valence-corrected chi connectivity index (χ1v) is 10.5. The smallest absolute Gasteiger partial charge is 0.253 e. The zero-order valence-electron chi connectivity index (χ0n) is 16.7. The normalized spacial score (nSPS) is 21.5. The molecule has 2 atom stereocenters. The Morgan fingerprint density at radius 1 is 1.23 bits per heavy atom. The maximum Gasteiger partial charge on any atom is 0.253 e. The van der Waals surface area contributed by atoms with E-state index in [1.165, 1.54) is 0 Å². The molecule has 1 fully saturated rings. The van der Waals surface area contributed by atoms with Crippen LogP contribution >= 0.6 is 11.6 Å². The lowest BCUT2D eigenvalue weighted by Gasteiger charge is -2.36. The Morgan fingerprint density at radius 2 is 2.00 bits per heavy atom. The Bertz CT molecular complexity index is 1070. The summed E-state index contributed by atoms with van der Waals surface area (Å²) in [5.41, 5.74) is 2.38. The Hall–Kier alpha value is -2.77. The lowest BCUT2D eigenvalue weighted by atomic mass is 9.96. The molecule has 0 unspecified atom stereocenters. The van der Waals surface area contributed by atoms with Crippen molar-refractivity contribution >= 4 is 28.5 Å². The number of rotatable bonds is 3. The van der Waals surface area contributed by atoms with Crippen molar-refractivity contribution in [2.24, 2.45) is 0 Å². The second-order valence-corrected chi connectivity index (χ2v) is 8.21. The molecule has 156 valence electrons. The first-order valence-electron chi connectivity index (χ1n) is 10.1. The predicted molar refractivity (Wildman–Crippen MR) is 114 cm³/mol. The topological polar surface area (TPSA) is 79.5 Å². The Morgan fingerprint density at radius 3 is 2.80 bits per heavy atom. The van der Waals surface area contributed by atoms with Gasteiger partial charge in [-0.15, -0.1) is 0 Å². The quantitative estimate of drug-likeness (QED) is 0.669. The van der Waals surface area contributed by atoms with E-state index >= 15 is 0 Å². The Labute approximate surface area is 179 Å². The van der Waals surface area contributed by atoms with Gasteiger partial charge in [0.05, 0.1) is 27.7 Å². The summed E-state index contributed by atoms with van der Waals surface area (Å²) in [6.07, 6.45) is 1.63. The van der Waals surface area contributed by atoms with E-state index in [2.05, 4.69) is 22.2 Å². The van der Waals surface area contributed by atoms with E-state index in [9.17, 15) is 4.79 Å². The highest BCUT2D eigenvalue weighted by atomic mass is 35.5. The Kier molecular flexibility index (Phi) is 5.00. The van der Waals surface area contributed by atoms with Gasteiger partial charge in [-0.05, 0) is 38.1 Å². The first kappa shape index (κ1) is 19.2. The molecule has 2 aliphatic heterocycles. The summed E-state index contributed by atoms with van der Waals surface area (Å²) in [4.78, 5) is 23.4. The summed E-state index contributed by atoms with van der Waals surface area (Å²) < 4.78 is 11.1. The number of halogens is 1. The van der Waals surface area contributed by atoms with E-state index in [0.29, 0.717) is 35.3 Å². The number of piperidine rings is 1. The number of fused-ring (bicyclic) bond motifs is 2. The fourth-order valence-electron chi connectivity index (χ4n) is 4.17. The van der Waals surface area contributed by atoms with Crippen molar-refractivity contribution in [1.82, 2.24) is 20.2 Å². The molecule has 8 heteroatoms. The van der Waals surface area contributed by atoms with Crippen LogP contribution in [0.25, 0.3) is 11.0 Å². The molecule has 0 spiro atoms. The minimum absolute atomic E-state index is 0.0242. The molecule has 3 aromatic rings. The van der Waals surface area contributed by atoms with Crippen molar-refractivity contribution in [3.05, 3.63) is 52.8 Å². The van der Waals surface area contributed by atoms with Crippen molar-refractivity contribution in [2.75, 3.05) is 26.8 Å². The number of para-hydroxylation sites is 2. The van der Waals surface area contributed by atoms with E-state index in [1.54, 1.807) is 12.1 Å². The van der Waals surface area contributed by atoms with Gasteiger partial charge in [-0.1, -0.05) is 23.7 Å². The maximum absolute atomic E-state index is 13.0. The van der Waals surface area contributed by atoms with Crippen LogP contribution in [0.5, 0.6) is 11.5 Å². The summed E-state index contributed by atoms with van der Waals surface area (Å²) in [6, 6.07) is 11.4. The molecule has 0 saturated carbocycles. The van der Waals surface area contributed by atoms with Crippen LogP contribution in [0.1, 0.15) is 35.1 Å². The van der Waals surface area contributed by atoms with Crippen molar-refractivity contribution in [3.63, 3.8) is 0 Å². The van der Waals surface area contributed by atoms with E-state index in [1.807, 2.05) is 24.3 Å². The van der Waals surface area contributed by atoms with Crippen LogP contribution in [0.4, 0.5) is 0 Å². The monoisotopic (exact) mass is 426 g/mol. The highest BCUT2D eigenvalue weighted by molar-refractivity contribution is 6.34. The highest BCUT2D eigenvalue weighted by Gasteiger charge is 2.31. The van der Waals surface area contributed by atoms with E-state index < -0.39 is 0 Å². The number of hydrogen-bond acceptors (Lipinski definition) is 5. The van der Waals surface area contributed by atoms with Crippen molar-refractivity contribution in [2.45, 2.75) is 24.9 Å². The third kappa shape index (κ3) is 3.59. The highest BCUT2D eigenvalue weighted by Crippen LogP contribution is 2.36. The number of carbonyl (C=O) groups excluding carboxylic acids is 1. The minimum atomic E-state index is -0.199. The van der Waals surface area contributed by atoms with Crippen LogP contribution in [-0.4, -0.2) is 53.6 Å². The number of imidazole rings is 1. The van der Waals surface area contributed by atoms with Gasteiger partial charge in [0.2, 0.25) is 0 Å². The number of hydrogen-bond donors (Lipinski definition) is 2. The standard InChI is InChI=1S/C22H23ClN4O3/c1-27-7-6-13(10-18(27)21-25-16-4-2-3-5-17(16)26-21)24-22(28)14-11-19-20(12-15(14)23)30-9-8-29-19/h2-5,11-13,18H,6-10H2,1H3,(H,24,28)(H,25,26)/t13-,18-/m1/s1. The second-order valence-electron chi connectivity index (χ2n) is 7.81. The van der Waals surface area contributed by atoms with Crippen LogP contribution in [0.3, 0.4) is 0 Å². The molecule has 1 saturated heterocycles. The third-order valence-electron chi connectivity index (χ3n) is 5.81. The first-order chi connectivity index (χ1) is 14.6. The summed E-state index contributed by atoms with van der Waals surface area (Å²) in [5.74, 6) is 1.86. The van der Waals surface area contributed by atoms with Gasteiger partial charge in [-0.25, -0.2) is 4.98 Å². The summed E-state index contributed by atoms with van der Waals surface area (Å²) in [7, 11) is 2.09. The molecule has 0 bridgehead atoms. The number of ether oxygens (including phenoxy) is 2. The van der Waals surface area contributed by atoms with Gasteiger partial charge in [0.1, 0.15) is 19.0 Å². The maximum atomic E-state index is 13.0. The number of benzene rings is 2. The molecule has 0 radical (unpaired) electrons. The number of amides is 1. The van der Waals surface area contributed by atoms with Gasteiger partial charge in [-0.2, -0.15) is 0 Å². The van der Waals surface area contributed by atoms with Gasteiger partial charge in [-0.3, -0.25) is 9.69 Å². The number of carbonyl (C=O) groups is 1. The molecule has 0 aliphatic carbocycles. The Balaban J connectivity index is 1.33. The summed E-state index contributed by atoms with van der Waals surface area (Å²) in [6.45, 7) is 1.80. The largest absolute Gasteiger partial charge is 0.486 e. The van der Waals surface area contributed by atoms with Crippen LogP contribution < -0.4 is 14.8 Å². The van der Waals surface area contributed by atoms with E-state index in [0.717, 1.165) is 36.2 Å². The van der Waals surface area contributed by atoms with Crippen molar-refractivity contribution in [3.8, 4) is 11.5 Å². The SMILES string of the molecule is CN1CC[C@@H](NC(=O)c2cc3c(cc2Cl)OCCO3)C[C@@H]1c1nc2ccccc2[nH]1. The molecular formula is C22H23ClN4O3. The zero-order chi connectivity index (χ0) is 20.7. The van der Waals surface area contributed by atoms with E-state index in [-0.39, 0.29) is 18.0 Å². The van der Waals surface area contributed by atoms with Gasteiger partial charge < -0.3 is 19.8 Å². The number of aromatic amines is 1. The average Bonchev–Trinajstić information content (AvgIpc) is 3.18. The average molecular weight is 427 g/mol. The molecule has 30 heavy (non-hydrogen) atoms. The predicted octanol–water partition coefficient (Wildman–Crippen LogP) is 3.55. The van der Waals surface area contributed by atoms with Crippen LogP contribution in [0.2, 0.25) is 5.02 Å². The fraction of sp³-hybridized carbons (Fsp3) is 0.364. The molecule has 1 aromatic heterocycles. The number of nitrogens with one attached hydrogen (secondary N) is 2. The van der Waals surface area contributed by atoms with Crippen molar-refractivity contribution in [1.29, 1.82) is 0 Å². The molecule has 5 rings (SSSR count). The molecule has 2 N–H and O–H groups in total. The lowest BCUT2D eigenvalue weighted by Crippen LogP contribution is -2.45. The molecule has 2 aromatic carbocycles. The molecule has 3 heterocycles. The number of likely N-dealkylation sites (tertiary alicyclic amines) is 1. The fourth-order valence-corrected chi connectivity index (χ4v) is 4.41. The van der Waals surface area contributed by atoms with Crippen LogP contribution in [-0.2, 0) is 0 Å². The van der Waals surface area contributed by atoms with Crippen molar-refractivity contribution < 1.29 is 14.3 Å². The second kappa shape index (κ2) is 7.81. The molecular weight excluding hydrogens is 404 g/mol. The third-order valence-corrected chi connectivity index (χ3v) is 6.12. The zero-order valence-corrected chi connectivity index (χ0v) is 17.4. The molecule has 2 aliphatic rings. The summed E-state index contributed by atoms with van der Waals surface area (Å²) in [5, 5.41) is 3.51. The number of aromatic nitrogens is 2. The number of H-pyrrole nitrogens is 1. The molecule has 7 nitrogen and oxygen atoms in total. The van der Waals surface area contributed by atoms with Crippen LogP contribution in [0.15, 0.2) is 36.4 Å².